The summed E-state index contributed by atoms with van der Waals surface area (Å²) in [6.45, 7) is 5.31. The van der Waals surface area contributed by atoms with Crippen molar-refractivity contribution < 1.29 is 8.42 Å². The largest absolute Gasteiger partial charge is 0.345 e. The number of aromatic nitrogens is 2. The van der Waals surface area contributed by atoms with Crippen LogP contribution >= 0.6 is 34.3 Å². The summed E-state index contributed by atoms with van der Waals surface area (Å²) in [7, 11) is -3.31. The fourth-order valence-corrected chi connectivity index (χ4v) is 6.97. The van der Waals surface area contributed by atoms with E-state index in [2.05, 4.69) is 21.7 Å². The van der Waals surface area contributed by atoms with Crippen LogP contribution in [0.15, 0.2) is 35.2 Å². The number of benzene rings is 2. The fraction of sp³-hybridized carbons (Fsp3) is 0.300. The molecule has 0 spiro atoms. The molecule has 0 aliphatic carbocycles. The number of nitrogens with zero attached hydrogens (tertiary/aromatic N) is 4. The number of sulfone groups is 1. The number of hydrogen-bond donors (Lipinski definition) is 0. The molecule has 1 aliphatic rings. The topological polar surface area (TPSA) is 66.4 Å². The van der Waals surface area contributed by atoms with Gasteiger partial charge in [0.05, 0.1) is 24.8 Å². The molecule has 0 radical (unpaired) electrons. The van der Waals surface area contributed by atoms with Crippen LogP contribution in [0.5, 0.6) is 0 Å². The number of piperazine rings is 1. The van der Waals surface area contributed by atoms with Crippen molar-refractivity contribution in [3.05, 3.63) is 40.9 Å². The Bertz CT molecular complexity index is 1330. The monoisotopic (exact) mass is 478 g/mol. The van der Waals surface area contributed by atoms with Crippen molar-refractivity contribution in [2.75, 3.05) is 42.2 Å². The molecule has 0 saturated carbocycles. The summed E-state index contributed by atoms with van der Waals surface area (Å²) in [5.74, 6) is 0. The van der Waals surface area contributed by atoms with E-state index in [1.165, 1.54) is 6.26 Å². The maximum atomic E-state index is 12.1. The van der Waals surface area contributed by atoms with Crippen molar-refractivity contribution in [2.45, 2.75) is 11.8 Å². The van der Waals surface area contributed by atoms with E-state index in [9.17, 15) is 8.42 Å². The first-order valence-corrected chi connectivity index (χ1v) is 13.4. The smallest absolute Gasteiger partial charge is 0.186 e. The molecule has 1 aliphatic heterocycles. The van der Waals surface area contributed by atoms with Gasteiger partial charge in [-0.25, -0.2) is 18.4 Å². The first kappa shape index (κ1) is 20.0. The second kappa shape index (κ2) is 7.33. The summed E-state index contributed by atoms with van der Waals surface area (Å²) in [4.78, 5) is 14.3. The minimum atomic E-state index is -3.31. The van der Waals surface area contributed by atoms with Gasteiger partial charge in [-0.05, 0) is 30.7 Å². The van der Waals surface area contributed by atoms with Gasteiger partial charge in [0, 0.05) is 32.4 Å². The Morgan fingerprint density at radius 1 is 0.933 bits per heavy atom. The number of aryl methyl sites for hydroxylation is 1. The van der Waals surface area contributed by atoms with Crippen molar-refractivity contribution in [3.8, 4) is 0 Å². The van der Waals surface area contributed by atoms with Gasteiger partial charge in [0.15, 0.2) is 20.1 Å². The van der Waals surface area contributed by atoms with Crippen LogP contribution in [0, 0.1) is 6.92 Å². The normalized spacial score (nSPS) is 15.4. The van der Waals surface area contributed by atoms with Crippen molar-refractivity contribution in [1.82, 2.24) is 9.97 Å². The molecule has 0 unspecified atom stereocenters. The highest BCUT2D eigenvalue weighted by atomic mass is 35.5. The van der Waals surface area contributed by atoms with Gasteiger partial charge < -0.3 is 9.80 Å². The zero-order valence-corrected chi connectivity index (χ0v) is 19.6. The molecule has 156 valence electrons. The van der Waals surface area contributed by atoms with Crippen molar-refractivity contribution in [1.29, 1.82) is 0 Å². The number of halogens is 1. The van der Waals surface area contributed by atoms with E-state index in [1.54, 1.807) is 34.8 Å². The van der Waals surface area contributed by atoms with E-state index in [4.69, 9.17) is 16.6 Å². The molecular formula is C20H19ClN4O2S3. The summed E-state index contributed by atoms with van der Waals surface area (Å²) >= 11 is 9.54. The standard InChI is InChI=1S/C20H19ClN4O2S3/c1-12-6-7-13(21)18-16(12)22-20(29-18)25-10-8-24(9-11-25)19-23-17-14(28-19)4-3-5-15(17)30(2,26)27/h3-7H,8-11H2,1-2H3. The third-order valence-corrected chi connectivity index (χ3v) is 9.06. The average molecular weight is 479 g/mol. The number of anilines is 2. The Kier molecular flexibility index (Phi) is 4.89. The molecule has 0 amide bonds. The van der Waals surface area contributed by atoms with E-state index < -0.39 is 9.84 Å². The van der Waals surface area contributed by atoms with Crippen molar-refractivity contribution >= 4 is 74.8 Å². The maximum Gasteiger partial charge on any atom is 0.186 e. The third kappa shape index (κ3) is 3.43. The summed E-state index contributed by atoms with van der Waals surface area (Å²) in [5.41, 5.74) is 2.68. The molecule has 3 heterocycles. The van der Waals surface area contributed by atoms with Gasteiger partial charge in [-0.3, -0.25) is 0 Å². The number of para-hydroxylation sites is 1. The average Bonchev–Trinajstić information content (AvgIpc) is 3.35. The SMILES string of the molecule is Cc1ccc(Cl)c2sc(N3CCN(c4nc5c(S(C)(=O)=O)cccc5s4)CC3)nc12. The van der Waals surface area contributed by atoms with E-state index >= 15 is 0 Å². The molecule has 30 heavy (non-hydrogen) atoms. The van der Waals surface area contributed by atoms with E-state index in [1.807, 2.05) is 18.2 Å². The predicted octanol–water partition coefficient (Wildman–Crippen LogP) is 4.60. The first-order chi connectivity index (χ1) is 14.3. The number of thiazole rings is 2. The number of rotatable bonds is 3. The first-order valence-electron chi connectivity index (χ1n) is 9.46. The Balaban J connectivity index is 1.39. The minimum Gasteiger partial charge on any atom is -0.345 e. The van der Waals surface area contributed by atoms with Gasteiger partial charge in [0.1, 0.15) is 5.52 Å². The maximum absolute atomic E-state index is 12.1. The van der Waals surface area contributed by atoms with Gasteiger partial charge in [-0.15, -0.1) is 0 Å². The van der Waals surface area contributed by atoms with Gasteiger partial charge in [0.2, 0.25) is 0 Å². The predicted molar refractivity (Wildman–Crippen MR) is 127 cm³/mol. The van der Waals surface area contributed by atoms with Crippen molar-refractivity contribution in [3.63, 3.8) is 0 Å². The highest BCUT2D eigenvalue weighted by Crippen LogP contribution is 2.37. The van der Waals surface area contributed by atoms with Crippen LogP contribution in [-0.4, -0.2) is 50.8 Å². The summed E-state index contributed by atoms with van der Waals surface area (Å²) < 4.78 is 26.1. The number of hydrogen-bond acceptors (Lipinski definition) is 8. The molecule has 0 N–H and O–H groups in total. The van der Waals surface area contributed by atoms with Crippen molar-refractivity contribution in [2.24, 2.45) is 0 Å². The Hall–Kier alpha value is -1.94. The van der Waals surface area contributed by atoms with Crippen LogP contribution in [0.2, 0.25) is 5.02 Å². The van der Waals surface area contributed by atoms with E-state index in [0.29, 0.717) is 10.4 Å². The lowest BCUT2D eigenvalue weighted by Gasteiger charge is -2.34. The van der Waals surface area contributed by atoms with Gasteiger partial charge >= 0.3 is 0 Å². The van der Waals surface area contributed by atoms with Crippen LogP contribution in [-0.2, 0) is 9.84 Å². The fourth-order valence-electron chi connectivity index (χ4n) is 3.66. The van der Waals surface area contributed by atoms with Crippen LogP contribution in [0.25, 0.3) is 20.4 Å². The Morgan fingerprint density at radius 3 is 2.20 bits per heavy atom. The molecule has 5 rings (SSSR count). The van der Waals surface area contributed by atoms with Crippen LogP contribution in [0.4, 0.5) is 10.3 Å². The molecule has 0 bridgehead atoms. The zero-order valence-electron chi connectivity index (χ0n) is 16.4. The van der Waals surface area contributed by atoms with Gasteiger partial charge in [-0.1, -0.05) is 46.4 Å². The number of fused-ring (bicyclic) bond motifs is 2. The second-order valence-corrected chi connectivity index (χ2v) is 11.8. The minimum absolute atomic E-state index is 0.294. The van der Waals surface area contributed by atoms with Gasteiger partial charge in [0.25, 0.3) is 0 Å². The van der Waals surface area contributed by atoms with Gasteiger partial charge in [-0.2, -0.15) is 0 Å². The zero-order chi connectivity index (χ0) is 21.0. The lowest BCUT2D eigenvalue weighted by molar-refractivity contribution is 0.602. The molecule has 2 aromatic carbocycles. The third-order valence-electron chi connectivity index (χ3n) is 5.28. The second-order valence-electron chi connectivity index (χ2n) is 7.38. The van der Waals surface area contributed by atoms with E-state index in [-0.39, 0.29) is 0 Å². The van der Waals surface area contributed by atoms with E-state index in [0.717, 1.165) is 61.9 Å². The molecule has 1 fully saturated rings. The lowest BCUT2D eigenvalue weighted by atomic mass is 10.2. The van der Waals surface area contributed by atoms with Crippen LogP contribution in [0.3, 0.4) is 0 Å². The summed E-state index contributed by atoms with van der Waals surface area (Å²) in [6, 6.07) is 9.26. The molecule has 6 nitrogen and oxygen atoms in total. The molecule has 0 atom stereocenters. The quantitative estimate of drug-likeness (QED) is 0.428. The molecule has 1 saturated heterocycles. The van der Waals surface area contributed by atoms with Crippen LogP contribution < -0.4 is 9.80 Å². The summed E-state index contributed by atoms with van der Waals surface area (Å²) in [5, 5.41) is 2.60. The van der Waals surface area contributed by atoms with Crippen LogP contribution in [0.1, 0.15) is 5.56 Å². The highest BCUT2D eigenvalue weighted by Gasteiger charge is 2.24. The lowest BCUT2D eigenvalue weighted by Crippen LogP contribution is -2.46. The molecule has 10 heteroatoms. The Labute approximate surface area is 187 Å². The molecule has 4 aromatic rings. The molecule has 2 aromatic heterocycles. The molecular weight excluding hydrogens is 460 g/mol. The summed E-state index contributed by atoms with van der Waals surface area (Å²) in [6.07, 6.45) is 1.23. The Morgan fingerprint density at radius 2 is 1.57 bits per heavy atom. The highest BCUT2D eigenvalue weighted by molar-refractivity contribution is 7.91.